The number of hydrogen-bond donors (Lipinski definition) is 1. The van der Waals surface area contributed by atoms with Gasteiger partial charge >= 0.3 is 0 Å². The Balaban J connectivity index is 1.88. The van der Waals surface area contributed by atoms with E-state index in [0.29, 0.717) is 18.2 Å². The Morgan fingerprint density at radius 2 is 2.26 bits per heavy atom. The van der Waals surface area contributed by atoms with Gasteiger partial charge in [-0.05, 0) is 37.6 Å². The molecule has 1 aromatic rings. The van der Waals surface area contributed by atoms with Crippen LogP contribution in [0.4, 0.5) is 0 Å². The molecule has 0 saturated carbocycles. The molecule has 1 fully saturated rings. The zero-order chi connectivity index (χ0) is 13.7. The molecular formula is C14H23N3O2. The largest absolute Gasteiger partial charge is 0.459 e. The maximum absolute atomic E-state index is 12.2. The van der Waals surface area contributed by atoms with Gasteiger partial charge in [-0.1, -0.05) is 6.92 Å². The number of nitrogens with zero attached hydrogens (tertiary/aromatic N) is 2. The number of rotatable bonds is 4. The molecule has 1 aliphatic rings. The highest BCUT2D eigenvalue weighted by molar-refractivity contribution is 5.91. The number of nitrogens with two attached hydrogens (primary N) is 1. The van der Waals surface area contributed by atoms with Crippen LogP contribution in [0.5, 0.6) is 0 Å². The van der Waals surface area contributed by atoms with Crippen molar-refractivity contribution in [3.8, 4) is 0 Å². The second-order valence-electron chi connectivity index (χ2n) is 5.26. The highest BCUT2D eigenvalue weighted by Crippen LogP contribution is 2.10. The van der Waals surface area contributed by atoms with E-state index in [2.05, 4.69) is 11.8 Å². The van der Waals surface area contributed by atoms with Crippen LogP contribution in [-0.4, -0.2) is 55.0 Å². The molecule has 1 saturated heterocycles. The predicted octanol–water partition coefficient (Wildman–Crippen LogP) is 1.02. The Hall–Kier alpha value is -1.33. The van der Waals surface area contributed by atoms with Crippen LogP contribution in [0.25, 0.3) is 0 Å². The highest BCUT2D eigenvalue weighted by atomic mass is 16.3. The molecule has 0 spiro atoms. The Labute approximate surface area is 114 Å². The molecule has 1 atom stereocenters. The van der Waals surface area contributed by atoms with Crippen molar-refractivity contribution in [1.29, 1.82) is 0 Å². The summed E-state index contributed by atoms with van der Waals surface area (Å²) in [6.45, 7) is 7.40. The van der Waals surface area contributed by atoms with Gasteiger partial charge in [0.2, 0.25) is 0 Å². The number of furan rings is 1. The molecule has 1 aliphatic heterocycles. The monoisotopic (exact) mass is 265 g/mol. The Morgan fingerprint density at radius 1 is 1.42 bits per heavy atom. The summed E-state index contributed by atoms with van der Waals surface area (Å²) in [5, 5.41) is 0. The summed E-state index contributed by atoms with van der Waals surface area (Å²) < 4.78 is 5.18. The molecule has 2 heterocycles. The molecule has 1 unspecified atom stereocenters. The van der Waals surface area contributed by atoms with Crippen molar-refractivity contribution >= 4 is 5.91 Å². The summed E-state index contributed by atoms with van der Waals surface area (Å²) in [5.74, 6) is 0.940. The normalized spacial score (nSPS) is 19.2. The quantitative estimate of drug-likeness (QED) is 0.883. The molecule has 106 valence electrons. The summed E-state index contributed by atoms with van der Waals surface area (Å²) in [6.07, 6.45) is 2.55. The lowest BCUT2D eigenvalue weighted by molar-refractivity contribution is 0.0729. The van der Waals surface area contributed by atoms with Crippen molar-refractivity contribution in [2.45, 2.75) is 13.3 Å². The van der Waals surface area contributed by atoms with E-state index in [-0.39, 0.29) is 5.91 Å². The van der Waals surface area contributed by atoms with E-state index >= 15 is 0 Å². The fraction of sp³-hybridized carbons (Fsp3) is 0.643. The van der Waals surface area contributed by atoms with Crippen molar-refractivity contribution in [2.24, 2.45) is 11.7 Å². The van der Waals surface area contributed by atoms with Crippen LogP contribution in [0, 0.1) is 5.92 Å². The van der Waals surface area contributed by atoms with Gasteiger partial charge in [-0.2, -0.15) is 0 Å². The average molecular weight is 265 g/mol. The van der Waals surface area contributed by atoms with Gasteiger partial charge in [-0.15, -0.1) is 0 Å². The van der Waals surface area contributed by atoms with E-state index in [1.165, 1.54) is 0 Å². The van der Waals surface area contributed by atoms with Crippen LogP contribution >= 0.6 is 0 Å². The summed E-state index contributed by atoms with van der Waals surface area (Å²) >= 11 is 0. The third-order valence-corrected chi connectivity index (χ3v) is 3.58. The van der Waals surface area contributed by atoms with Gasteiger partial charge < -0.3 is 20.0 Å². The second kappa shape index (κ2) is 6.73. The molecule has 5 nitrogen and oxygen atoms in total. The van der Waals surface area contributed by atoms with Crippen molar-refractivity contribution in [3.05, 3.63) is 24.2 Å². The minimum absolute atomic E-state index is 0.00118. The minimum atomic E-state index is -0.00118. The smallest absolute Gasteiger partial charge is 0.289 e. The summed E-state index contributed by atoms with van der Waals surface area (Å²) in [7, 11) is 0. The van der Waals surface area contributed by atoms with Gasteiger partial charge in [-0.25, -0.2) is 0 Å². The first-order valence-electron chi connectivity index (χ1n) is 6.96. The van der Waals surface area contributed by atoms with Crippen molar-refractivity contribution < 1.29 is 9.21 Å². The Kier molecular flexibility index (Phi) is 4.99. The fourth-order valence-electron chi connectivity index (χ4n) is 2.43. The average Bonchev–Trinajstić information content (AvgIpc) is 2.85. The van der Waals surface area contributed by atoms with E-state index in [4.69, 9.17) is 10.2 Å². The van der Waals surface area contributed by atoms with Crippen LogP contribution in [-0.2, 0) is 0 Å². The van der Waals surface area contributed by atoms with Crippen LogP contribution < -0.4 is 5.73 Å². The first-order chi connectivity index (χ1) is 9.20. The van der Waals surface area contributed by atoms with E-state index in [1.54, 1.807) is 18.4 Å². The third kappa shape index (κ3) is 3.81. The molecule has 2 N–H and O–H groups in total. The molecule has 0 aromatic carbocycles. The molecule has 5 heteroatoms. The maximum Gasteiger partial charge on any atom is 0.289 e. The topological polar surface area (TPSA) is 62.7 Å². The molecule has 1 amide bonds. The molecule has 2 rings (SSSR count). The molecule has 0 aliphatic carbocycles. The van der Waals surface area contributed by atoms with Gasteiger partial charge in [-0.3, -0.25) is 4.79 Å². The van der Waals surface area contributed by atoms with E-state index < -0.39 is 0 Å². The molecule has 1 aromatic heterocycles. The van der Waals surface area contributed by atoms with Crippen molar-refractivity contribution in [2.75, 3.05) is 39.3 Å². The second-order valence-corrected chi connectivity index (χ2v) is 5.26. The first kappa shape index (κ1) is 14.1. The molecular weight excluding hydrogens is 242 g/mol. The predicted molar refractivity (Wildman–Crippen MR) is 73.9 cm³/mol. The standard InChI is InChI=1S/C14H23N3O2/c1-12(10-15)11-16-5-3-6-17(8-7-16)14(18)13-4-2-9-19-13/h2,4,9,12H,3,5-8,10-11,15H2,1H3. The molecule has 0 radical (unpaired) electrons. The van der Waals surface area contributed by atoms with E-state index in [1.807, 2.05) is 4.90 Å². The SMILES string of the molecule is CC(CN)CN1CCCN(C(=O)c2ccco2)CC1. The van der Waals surface area contributed by atoms with Crippen molar-refractivity contribution in [1.82, 2.24) is 9.80 Å². The lowest BCUT2D eigenvalue weighted by Crippen LogP contribution is -2.37. The zero-order valence-electron chi connectivity index (χ0n) is 11.5. The van der Waals surface area contributed by atoms with Gasteiger partial charge in [0.15, 0.2) is 5.76 Å². The summed E-state index contributed by atoms with van der Waals surface area (Å²) in [5.41, 5.74) is 5.66. The maximum atomic E-state index is 12.2. The van der Waals surface area contributed by atoms with Crippen LogP contribution in [0.3, 0.4) is 0 Å². The van der Waals surface area contributed by atoms with Gasteiger partial charge in [0.25, 0.3) is 5.91 Å². The minimum Gasteiger partial charge on any atom is -0.459 e. The first-order valence-corrected chi connectivity index (χ1v) is 6.96. The van der Waals surface area contributed by atoms with Gasteiger partial charge in [0.05, 0.1) is 6.26 Å². The van der Waals surface area contributed by atoms with Crippen LogP contribution in [0.1, 0.15) is 23.9 Å². The fourth-order valence-corrected chi connectivity index (χ4v) is 2.43. The highest BCUT2D eigenvalue weighted by Gasteiger charge is 2.22. The molecule has 19 heavy (non-hydrogen) atoms. The zero-order valence-corrected chi connectivity index (χ0v) is 11.5. The van der Waals surface area contributed by atoms with E-state index in [9.17, 15) is 4.79 Å². The number of carbonyl (C=O) groups is 1. The third-order valence-electron chi connectivity index (χ3n) is 3.58. The molecule has 0 bridgehead atoms. The Bertz CT molecular complexity index is 391. The Morgan fingerprint density at radius 3 is 2.95 bits per heavy atom. The summed E-state index contributed by atoms with van der Waals surface area (Å²) in [4.78, 5) is 16.5. The number of amides is 1. The number of carbonyl (C=O) groups excluding carboxylic acids is 1. The summed E-state index contributed by atoms with van der Waals surface area (Å²) in [6, 6.07) is 3.47. The van der Waals surface area contributed by atoms with Crippen molar-refractivity contribution in [3.63, 3.8) is 0 Å². The van der Waals surface area contributed by atoms with Crippen LogP contribution in [0.15, 0.2) is 22.8 Å². The van der Waals surface area contributed by atoms with Gasteiger partial charge in [0, 0.05) is 26.2 Å². The van der Waals surface area contributed by atoms with Crippen LogP contribution in [0.2, 0.25) is 0 Å². The lowest BCUT2D eigenvalue weighted by Gasteiger charge is -2.23. The van der Waals surface area contributed by atoms with Gasteiger partial charge in [0.1, 0.15) is 0 Å². The van der Waals surface area contributed by atoms with E-state index in [0.717, 1.165) is 39.1 Å². The lowest BCUT2D eigenvalue weighted by atomic mass is 10.1. The number of hydrogen-bond acceptors (Lipinski definition) is 4.